The average Bonchev–Trinajstić information content (AvgIpc) is 2.98. The summed E-state index contributed by atoms with van der Waals surface area (Å²) in [6.07, 6.45) is 3.87. The normalized spacial score (nSPS) is 12.2. The molecule has 4 nitrogen and oxygen atoms in total. The van der Waals surface area contributed by atoms with Gasteiger partial charge in [0, 0.05) is 17.3 Å². The van der Waals surface area contributed by atoms with Crippen molar-refractivity contribution in [1.29, 1.82) is 0 Å². The SMILES string of the molecule is C/C=C(\C=PCc1ccccc1CC)c1oc2c(C(C)[B]c3ccccc3C(=O)O)cc(C)cc2c(=O)c1C.CC. The van der Waals surface area contributed by atoms with Crippen molar-refractivity contribution in [3.05, 3.63) is 116 Å². The number of rotatable bonds is 9. The van der Waals surface area contributed by atoms with Gasteiger partial charge in [-0.15, -0.1) is 0 Å². The van der Waals surface area contributed by atoms with Gasteiger partial charge in [0.1, 0.15) is 11.3 Å². The number of aromatic carboxylic acids is 1. The summed E-state index contributed by atoms with van der Waals surface area (Å²) in [6, 6.07) is 19.3. The summed E-state index contributed by atoms with van der Waals surface area (Å²) < 4.78 is 6.56. The molecule has 41 heavy (non-hydrogen) atoms. The van der Waals surface area contributed by atoms with Crippen LogP contribution in [0.15, 0.2) is 76.0 Å². The minimum atomic E-state index is -0.971. The number of hydrogen-bond acceptors (Lipinski definition) is 3. The maximum atomic E-state index is 13.6. The zero-order chi connectivity index (χ0) is 30.1. The van der Waals surface area contributed by atoms with E-state index in [1.54, 1.807) is 18.2 Å². The fourth-order valence-corrected chi connectivity index (χ4v) is 6.00. The first-order valence-electron chi connectivity index (χ1n) is 14.2. The van der Waals surface area contributed by atoms with Crippen molar-refractivity contribution < 1.29 is 14.3 Å². The van der Waals surface area contributed by atoms with Crippen molar-refractivity contribution >= 4 is 49.3 Å². The molecular weight excluding hydrogens is 526 g/mol. The Balaban J connectivity index is 0.00000226. The Labute approximate surface area is 246 Å². The van der Waals surface area contributed by atoms with Crippen LogP contribution >= 0.6 is 8.20 Å². The van der Waals surface area contributed by atoms with Gasteiger partial charge in [-0.05, 0) is 73.2 Å². The molecule has 1 radical (unpaired) electrons. The third kappa shape index (κ3) is 7.34. The molecule has 0 bridgehead atoms. The maximum Gasteiger partial charge on any atom is 0.335 e. The number of hydrogen-bond donors (Lipinski definition) is 1. The summed E-state index contributed by atoms with van der Waals surface area (Å²) in [7, 11) is 3.03. The minimum absolute atomic E-state index is 0.0462. The lowest BCUT2D eigenvalue weighted by Crippen LogP contribution is -2.26. The topological polar surface area (TPSA) is 67.5 Å². The molecule has 0 amide bonds. The lowest BCUT2D eigenvalue weighted by Gasteiger charge is -2.17. The minimum Gasteiger partial charge on any atom is -0.478 e. The molecule has 1 unspecified atom stereocenters. The van der Waals surface area contributed by atoms with E-state index in [0.29, 0.717) is 27.8 Å². The Morgan fingerprint density at radius 1 is 1.05 bits per heavy atom. The van der Waals surface area contributed by atoms with Gasteiger partial charge in [-0.2, -0.15) is 0 Å². The van der Waals surface area contributed by atoms with E-state index < -0.39 is 5.97 Å². The lowest BCUT2D eigenvalue weighted by molar-refractivity contribution is 0.0698. The van der Waals surface area contributed by atoms with Gasteiger partial charge in [0.2, 0.25) is 0 Å². The molecule has 4 rings (SSSR count). The Kier molecular flexibility index (Phi) is 11.5. The predicted molar refractivity (Wildman–Crippen MR) is 177 cm³/mol. The van der Waals surface area contributed by atoms with Crippen LogP contribution in [-0.2, 0) is 12.6 Å². The zero-order valence-corrected chi connectivity index (χ0v) is 26.0. The van der Waals surface area contributed by atoms with Gasteiger partial charge in [0.15, 0.2) is 12.7 Å². The van der Waals surface area contributed by atoms with Crippen molar-refractivity contribution in [2.45, 2.75) is 66.9 Å². The van der Waals surface area contributed by atoms with E-state index in [4.69, 9.17) is 4.42 Å². The average molecular weight is 565 g/mol. The summed E-state index contributed by atoms with van der Waals surface area (Å²) in [5, 5.41) is 10.2. The second-order valence-electron chi connectivity index (χ2n) is 9.80. The summed E-state index contributed by atoms with van der Waals surface area (Å²) >= 11 is 0. The molecule has 1 aromatic heterocycles. The molecule has 4 aromatic rings. The van der Waals surface area contributed by atoms with Crippen LogP contribution in [0.25, 0.3) is 16.5 Å². The molecule has 1 N–H and O–H groups in total. The molecule has 1 heterocycles. The number of aryl methyl sites for hydroxylation is 2. The molecule has 0 aliphatic rings. The molecule has 1 atom stereocenters. The van der Waals surface area contributed by atoms with Crippen molar-refractivity contribution in [3.8, 4) is 0 Å². The van der Waals surface area contributed by atoms with E-state index in [1.807, 2.05) is 73.1 Å². The fourth-order valence-electron chi connectivity index (χ4n) is 4.94. The number of carboxylic acid groups (broad SMARTS) is 1. The second kappa shape index (κ2) is 14.8. The molecule has 0 aliphatic heterocycles. The van der Waals surface area contributed by atoms with Crippen LogP contribution in [0, 0.1) is 13.8 Å². The first-order valence-corrected chi connectivity index (χ1v) is 15.4. The highest BCUT2D eigenvalue weighted by atomic mass is 31.1. The van der Waals surface area contributed by atoms with E-state index in [1.165, 1.54) is 11.1 Å². The van der Waals surface area contributed by atoms with Crippen molar-refractivity contribution in [2.75, 3.05) is 0 Å². The van der Waals surface area contributed by atoms with Gasteiger partial charge in [-0.1, -0.05) is 96.0 Å². The summed E-state index contributed by atoms with van der Waals surface area (Å²) in [4.78, 5) is 25.3. The quantitative estimate of drug-likeness (QED) is 0.164. The Morgan fingerprint density at radius 3 is 2.37 bits per heavy atom. The highest BCUT2D eigenvalue weighted by Gasteiger charge is 2.21. The smallest absolute Gasteiger partial charge is 0.335 e. The van der Waals surface area contributed by atoms with E-state index >= 15 is 0 Å². The predicted octanol–water partition coefficient (Wildman–Crippen LogP) is 8.14. The monoisotopic (exact) mass is 565 g/mol. The van der Waals surface area contributed by atoms with E-state index in [0.717, 1.165) is 37.5 Å². The molecule has 6 heteroatoms. The van der Waals surface area contributed by atoms with Crippen LogP contribution in [0.1, 0.15) is 84.4 Å². The van der Waals surface area contributed by atoms with Gasteiger partial charge in [0.05, 0.1) is 10.9 Å². The van der Waals surface area contributed by atoms with Gasteiger partial charge in [0.25, 0.3) is 0 Å². The third-order valence-corrected chi connectivity index (χ3v) is 8.05. The molecule has 0 aliphatic carbocycles. The molecule has 3 aromatic carbocycles. The summed E-state index contributed by atoms with van der Waals surface area (Å²) in [5.41, 5.74) is 7.34. The van der Waals surface area contributed by atoms with Crippen LogP contribution in [-0.4, -0.2) is 24.2 Å². The summed E-state index contributed by atoms with van der Waals surface area (Å²) in [6.45, 7) is 13.9. The van der Waals surface area contributed by atoms with Crippen LogP contribution < -0.4 is 10.9 Å². The second-order valence-corrected chi connectivity index (χ2v) is 10.7. The lowest BCUT2D eigenvalue weighted by atomic mass is 9.56. The third-order valence-electron chi connectivity index (χ3n) is 7.07. The van der Waals surface area contributed by atoms with Crippen molar-refractivity contribution in [2.24, 2.45) is 0 Å². The van der Waals surface area contributed by atoms with Gasteiger partial charge in [-0.25, -0.2) is 4.79 Å². The van der Waals surface area contributed by atoms with Gasteiger partial charge < -0.3 is 9.52 Å². The highest BCUT2D eigenvalue weighted by molar-refractivity contribution is 7.39. The molecule has 0 fully saturated rings. The molecule has 0 spiro atoms. The van der Waals surface area contributed by atoms with E-state index in [9.17, 15) is 14.7 Å². The molecule has 0 saturated carbocycles. The first-order chi connectivity index (χ1) is 19.7. The number of allylic oxidation sites excluding steroid dienone is 2. The first kappa shape index (κ1) is 31.8. The molecule has 0 saturated heterocycles. The Morgan fingerprint density at radius 2 is 1.71 bits per heavy atom. The number of carbonyl (C=O) groups is 1. The summed E-state index contributed by atoms with van der Waals surface area (Å²) in [5.74, 6) is 1.54. The van der Waals surface area contributed by atoms with Crippen LogP contribution in [0.3, 0.4) is 0 Å². The number of benzene rings is 3. The number of fused-ring (bicyclic) bond motifs is 1. The number of carboxylic acids is 1. The van der Waals surface area contributed by atoms with Crippen LogP contribution in [0.5, 0.6) is 0 Å². The van der Waals surface area contributed by atoms with Crippen molar-refractivity contribution in [3.63, 3.8) is 0 Å². The highest BCUT2D eigenvalue weighted by Crippen LogP contribution is 2.30. The van der Waals surface area contributed by atoms with Gasteiger partial charge in [-0.3, -0.25) is 4.79 Å². The largest absolute Gasteiger partial charge is 0.478 e. The Hall–Kier alpha value is -3.69. The standard InChI is InChI=1S/C33H33BO4P.C2H6/c1-6-23-12-8-9-13-25(23)19-39-18-24(7-2)31-21(4)30(35)28-17-20(3)16-27(32(28)38-31)22(5)34-29-15-11-10-14-26(29)33(36)37;1-2/h7-18,22H,6,19H2,1-5H3,(H,36,37);1-2H3/b24-7+;. The zero-order valence-electron chi connectivity index (χ0n) is 25.1. The van der Waals surface area contributed by atoms with Crippen molar-refractivity contribution in [1.82, 2.24) is 0 Å². The Bertz CT molecular complexity index is 1650. The fraction of sp³-hybridized carbons (Fsp3) is 0.286. The van der Waals surface area contributed by atoms with Crippen LogP contribution in [0.4, 0.5) is 0 Å². The van der Waals surface area contributed by atoms with E-state index in [2.05, 4.69) is 37.0 Å². The maximum absolute atomic E-state index is 13.6. The molecule has 211 valence electrons. The van der Waals surface area contributed by atoms with E-state index in [-0.39, 0.29) is 16.8 Å². The van der Waals surface area contributed by atoms with Crippen LogP contribution in [0.2, 0.25) is 0 Å². The van der Waals surface area contributed by atoms with Gasteiger partial charge >= 0.3 is 5.97 Å². The molecular formula is C35H39BO4P.